The molecule has 1 aliphatic heterocycles. The maximum atomic E-state index is 12.6. The van der Waals surface area contributed by atoms with E-state index in [2.05, 4.69) is 10.6 Å². The van der Waals surface area contributed by atoms with E-state index in [1.54, 1.807) is 12.1 Å². The largest absolute Gasteiger partial charge is 0.336 e. The number of urea groups is 1. The molecule has 3 rings (SSSR count). The summed E-state index contributed by atoms with van der Waals surface area (Å²) in [5, 5.41) is 6.93. The third-order valence-electron chi connectivity index (χ3n) is 3.90. The molecule has 2 aromatic carbocycles. The highest BCUT2D eigenvalue weighted by Gasteiger charge is 2.32. The first kappa shape index (κ1) is 16.0. The number of nitrogens with one attached hydrogen (secondary N) is 2. The van der Waals surface area contributed by atoms with Gasteiger partial charge in [0.05, 0.1) is 0 Å². The van der Waals surface area contributed by atoms with Crippen molar-refractivity contribution in [3.05, 3.63) is 47.5 Å². The number of imide groups is 1. The molecule has 2 N–H and O–H groups in total. The Bertz CT molecular complexity index is 779. The molecule has 24 heavy (non-hydrogen) atoms. The van der Waals surface area contributed by atoms with Crippen LogP contribution in [0.5, 0.6) is 0 Å². The average Bonchev–Trinajstić information content (AvgIpc) is 2.55. The Labute approximate surface area is 139 Å². The minimum Gasteiger partial charge on any atom is -0.336 e. The predicted octanol–water partition coefficient (Wildman–Crippen LogP) is 2.14. The second kappa shape index (κ2) is 6.31. The van der Waals surface area contributed by atoms with Crippen LogP contribution in [-0.4, -0.2) is 41.9 Å². The van der Waals surface area contributed by atoms with Crippen LogP contribution in [0.2, 0.25) is 0 Å². The van der Waals surface area contributed by atoms with Crippen molar-refractivity contribution >= 4 is 28.6 Å². The van der Waals surface area contributed by atoms with Crippen molar-refractivity contribution in [1.29, 1.82) is 0 Å². The summed E-state index contributed by atoms with van der Waals surface area (Å²) in [4.78, 5) is 38.1. The van der Waals surface area contributed by atoms with Gasteiger partial charge in [-0.15, -0.1) is 0 Å². The number of rotatable bonds is 4. The van der Waals surface area contributed by atoms with Gasteiger partial charge in [-0.1, -0.05) is 24.3 Å². The summed E-state index contributed by atoms with van der Waals surface area (Å²) in [6.07, 6.45) is 0. The number of nitrogens with zero attached hydrogens (tertiary/aromatic N) is 1. The lowest BCUT2D eigenvalue weighted by Gasteiger charge is -2.27. The lowest BCUT2D eigenvalue weighted by atomic mass is 9.94. The molecule has 2 aromatic rings. The highest BCUT2D eigenvalue weighted by molar-refractivity contribution is 6.25. The smallest absolute Gasteiger partial charge is 0.315 e. The van der Waals surface area contributed by atoms with Crippen LogP contribution < -0.4 is 10.6 Å². The number of carbonyl (C=O) groups is 3. The molecule has 0 radical (unpaired) electrons. The first-order valence-electron chi connectivity index (χ1n) is 7.91. The molecular weight excluding hydrogens is 306 g/mol. The van der Waals surface area contributed by atoms with Crippen LogP contribution >= 0.6 is 0 Å². The summed E-state index contributed by atoms with van der Waals surface area (Å²) in [6.45, 7) is 4.05. The first-order valence-corrected chi connectivity index (χ1v) is 7.91. The second-order valence-corrected chi connectivity index (χ2v) is 6.03. The molecule has 0 spiro atoms. The maximum Gasteiger partial charge on any atom is 0.315 e. The Hall–Kier alpha value is -2.89. The van der Waals surface area contributed by atoms with E-state index >= 15 is 0 Å². The highest BCUT2D eigenvalue weighted by atomic mass is 16.2. The summed E-state index contributed by atoms with van der Waals surface area (Å²) < 4.78 is 0. The van der Waals surface area contributed by atoms with Gasteiger partial charge in [-0.2, -0.15) is 0 Å². The lowest BCUT2D eigenvalue weighted by Crippen LogP contribution is -2.47. The molecule has 0 aliphatic carbocycles. The summed E-state index contributed by atoms with van der Waals surface area (Å²) >= 11 is 0. The van der Waals surface area contributed by atoms with Crippen molar-refractivity contribution < 1.29 is 14.4 Å². The lowest BCUT2D eigenvalue weighted by molar-refractivity contribution is 0.0612. The fourth-order valence-electron chi connectivity index (χ4n) is 2.88. The van der Waals surface area contributed by atoms with Gasteiger partial charge in [0, 0.05) is 35.6 Å². The highest BCUT2D eigenvalue weighted by Crippen LogP contribution is 2.29. The van der Waals surface area contributed by atoms with Crippen LogP contribution in [0.4, 0.5) is 4.79 Å². The van der Waals surface area contributed by atoms with Gasteiger partial charge in [-0.25, -0.2) is 4.79 Å². The van der Waals surface area contributed by atoms with Crippen molar-refractivity contribution in [2.45, 2.75) is 19.9 Å². The van der Waals surface area contributed by atoms with E-state index in [-0.39, 0.29) is 37.0 Å². The molecule has 0 unspecified atom stereocenters. The minimum atomic E-state index is -0.324. The normalized spacial score (nSPS) is 13.5. The van der Waals surface area contributed by atoms with Gasteiger partial charge in [-0.05, 0) is 31.4 Å². The average molecular weight is 325 g/mol. The Balaban J connectivity index is 1.79. The van der Waals surface area contributed by atoms with Crippen LogP contribution in [-0.2, 0) is 0 Å². The van der Waals surface area contributed by atoms with E-state index in [0.717, 1.165) is 5.39 Å². The van der Waals surface area contributed by atoms with E-state index < -0.39 is 0 Å². The van der Waals surface area contributed by atoms with Crippen molar-refractivity contribution in [2.75, 3.05) is 13.1 Å². The van der Waals surface area contributed by atoms with Gasteiger partial charge >= 0.3 is 6.03 Å². The molecule has 0 bridgehead atoms. The van der Waals surface area contributed by atoms with Crippen LogP contribution in [0.15, 0.2) is 36.4 Å². The fraction of sp³-hybridized carbons (Fsp3) is 0.278. The van der Waals surface area contributed by atoms with Gasteiger partial charge in [0.1, 0.15) is 0 Å². The van der Waals surface area contributed by atoms with E-state index in [1.807, 2.05) is 38.1 Å². The van der Waals surface area contributed by atoms with Crippen LogP contribution in [0.1, 0.15) is 34.6 Å². The Morgan fingerprint density at radius 3 is 2.17 bits per heavy atom. The number of carbonyl (C=O) groups excluding carboxylic acids is 3. The molecule has 4 amide bonds. The Morgan fingerprint density at radius 1 is 1.04 bits per heavy atom. The molecule has 124 valence electrons. The van der Waals surface area contributed by atoms with Gasteiger partial charge in [-0.3, -0.25) is 14.5 Å². The first-order chi connectivity index (χ1) is 11.5. The number of hydrogen-bond acceptors (Lipinski definition) is 3. The number of benzene rings is 2. The zero-order valence-corrected chi connectivity index (χ0v) is 13.6. The van der Waals surface area contributed by atoms with E-state index in [1.165, 1.54) is 4.90 Å². The van der Waals surface area contributed by atoms with Gasteiger partial charge in [0.15, 0.2) is 0 Å². The number of hydrogen-bond donors (Lipinski definition) is 2. The number of amides is 4. The quantitative estimate of drug-likeness (QED) is 0.846. The molecular formula is C18H19N3O3. The SMILES string of the molecule is CC(C)NC(=O)NCCN1C(=O)c2cccc3cccc(c23)C1=O. The summed E-state index contributed by atoms with van der Waals surface area (Å²) in [6, 6.07) is 10.5. The third-order valence-corrected chi connectivity index (χ3v) is 3.90. The molecule has 0 atom stereocenters. The molecule has 0 fully saturated rings. The topological polar surface area (TPSA) is 78.5 Å². The zero-order chi connectivity index (χ0) is 17.3. The Kier molecular flexibility index (Phi) is 4.20. The monoisotopic (exact) mass is 325 g/mol. The maximum absolute atomic E-state index is 12.6. The van der Waals surface area contributed by atoms with Gasteiger partial charge < -0.3 is 10.6 Å². The predicted molar refractivity (Wildman–Crippen MR) is 91.0 cm³/mol. The zero-order valence-electron chi connectivity index (χ0n) is 13.6. The second-order valence-electron chi connectivity index (χ2n) is 6.03. The van der Waals surface area contributed by atoms with Crippen molar-refractivity contribution in [3.63, 3.8) is 0 Å². The van der Waals surface area contributed by atoms with Crippen molar-refractivity contribution in [1.82, 2.24) is 15.5 Å². The van der Waals surface area contributed by atoms with Gasteiger partial charge in [0.2, 0.25) is 0 Å². The van der Waals surface area contributed by atoms with Crippen molar-refractivity contribution in [2.24, 2.45) is 0 Å². The Morgan fingerprint density at radius 2 is 1.62 bits per heavy atom. The molecule has 0 saturated carbocycles. The molecule has 0 saturated heterocycles. The van der Waals surface area contributed by atoms with Crippen LogP contribution in [0, 0.1) is 0 Å². The van der Waals surface area contributed by atoms with E-state index in [9.17, 15) is 14.4 Å². The minimum absolute atomic E-state index is 0.0210. The molecule has 1 heterocycles. The summed E-state index contributed by atoms with van der Waals surface area (Å²) in [7, 11) is 0. The van der Waals surface area contributed by atoms with Crippen LogP contribution in [0.25, 0.3) is 10.8 Å². The molecule has 6 nitrogen and oxygen atoms in total. The van der Waals surface area contributed by atoms with E-state index in [4.69, 9.17) is 0 Å². The van der Waals surface area contributed by atoms with E-state index in [0.29, 0.717) is 16.5 Å². The summed E-state index contributed by atoms with van der Waals surface area (Å²) in [5.41, 5.74) is 1.05. The third kappa shape index (κ3) is 2.82. The van der Waals surface area contributed by atoms with Crippen LogP contribution in [0.3, 0.4) is 0 Å². The van der Waals surface area contributed by atoms with Crippen molar-refractivity contribution in [3.8, 4) is 0 Å². The summed E-state index contributed by atoms with van der Waals surface area (Å²) in [5.74, 6) is -0.647. The molecule has 6 heteroatoms. The fourth-order valence-corrected chi connectivity index (χ4v) is 2.88. The standard InChI is InChI=1S/C18H19N3O3/c1-11(2)20-18(24)19-9-10-21-16(22)13-7-3-5-12-6-4-8-14(15(12)13)17(21)23/h3-8,11H,9-10H2,1-2H3,(H2,19,20,24). The van der Waals surface area contributed by atoms with Gasteiger partial charge in [0.25, 0.3) is 11.8 Å². The molecule has 0 aromatic heterocycles. The molecule has 1 aliphatic rings.